The van der Waals surface area contributed by atoms with Crippen LogP contribution < -0.4 is 9.64 Å². The third-order valence-electron chi connectivity index (χ3n) is 7.18. The Morgan fingerprint density at radius 2 is 1.81 bits per heavy atom. The van der Waals surface area contributed by atoms with E-state index in [2.05, 4.69) is 28.7 Å². The minimum absolute atomic E-state index is 0.00765. The normalized spacial score (nSPS) is 24.0. The molecule has 0 saturated heterocycles. The Hall–Kier alpha value is -2.92. The molecule has 0 spiro atoms. The number of anilines is 1. The van der Waals surface area contributed by atoms with E-state index in [1.807, 2.05) is 31.7 Å². The number of thiophene rings is 1. The van der Waals surface area contributed by atoms with Crippen LogP contribution >= 0.6 is 11.3 Å². The van der Waals surface area contributed by atoms with Gasteiger partial charge in [0.25, 0.3) is 0 Å². The lowest BCUT2D eigenvalue weighted by Gasteiger charge is -2.39. The van der Waals surface area contributed by atoms with E-state index in [9.17, 15) is 14.7 Å². The van der Waals surface area contributed by atoms with Gasteiger partial charge in [-0.3, -0.25) is 4.79 Å². The van der Waals surface area contributed by atoms with E-state index in [0.29, 0.717) is 22.4 Å². The average molecular weight is 524 g/mol. The first-order valence-corrected chi connectivity index (χ1v) is 14.1. The molecular weight excluding hydrogens is 486 g/mol. The van der Waals surface area contributed by atoms with E-state index in [-0.39, 0.29) is 34.3 Å². The molecule has 2 saturated carbocycles. The van der Waals surface area contributed by atoms with Gasteiger partial charge >= 0.3 is 5.97 Å². The van der Waals surface area contributed by atoms with Crippen molar-refractivity contribution in [2.24, 2.45) is 17.3 Å². The van der Waals surface area contributed by atoms with Crippen molar-refractivity contribution in [1.82, 2.24) is 9.97 Å². The second-order valence-electron chi connectivity index (χ2n) is 11.4. The second kappa shape index (κ2) is 11.6. The molecule has 1 amide bonds. The van der Waals surface area contributed by atoms with Gasteiger partial charge in [0, 0.05) is 29.6 Å². The van der Waals surface area contributed by atoms with Crippen LogP contribution in [0.2, 0.25) is 0 Å². The van der Waals surface area contributed by atoms with Crippen LogP contribution in [0.5, 0.6) is 5.88 Å². The van der Waals surface area contributed by atoms with Gasteiger partial charge in [0.05, 0.1) is 10.6 Å². The van der Waals surface area contributed by atoms with Crippen molar-refractivity contribution < 1.29 is 19.4 Å². The molecule has 0 aromatic carbocycles. The van der Waals surface area contributed by atoms with Gasteiger partial charge in [-0.2, -0.15) is 0 Å². The number of aromatic nitrogens is 2. The van der Waals surface area contributed by atoms with E-state index in [4.69, 9.17) is 4.74 Å². The molecule has 2 aliphatic carbocycles. The Labute approximate surface area is 223 Å². The van der Waals surface area contributed by atoms with Crippen LogP contribution in [0.25, 0.3) is 0 Å². The summed E-state index contributed by atoms with van der Waals surface area (Å²) in [7, 11) is 0. The third kappa shape index (κ3) is 7.10. The van der Waals surface area contributed by atoms with E-state index >= 15 is 0 Å². The summed E-state index contributed by atoms with van der Waals surface area (Å²) >= 11 is 1.16. The largest absolute Gasteiger partial charge is 0.477 e. The number of hydrogen-bond acceptors (Lipinski definition) is 6. The van der Waals surface area contributed by atoms with Crippen molar-refractivity contribution in [3.8, 4) is 17.7 Å². The summed E-state index contributed by atoms with van der Waals surface area (Å²) in [6.45, 7) is 8.30. The Balaban J connectivity index is 1.61. The predicted molar refractivity (Wildman–Crippen MR) is 145 cm³/mol. The van der Waals surface area contributed by atoms with E-state index in [0.717, 1.165) is 62.7 Å². The van der Waals surface area contributed by atoms with Crippen molar-refractivity contribution in [3.63, 3.8) is 0 Å². The number of hydrogen-bond donors (Lipinski definition) is 1. The van der Waals surface area contributed by atoms with E-state index in [1.54, 1.807) is 12.3 Å². The zero-order valence-corrected chi connectivity index (χ0v) is 23.0. The lowest BCUT2D eigenvalue weighted by atomic mass is 9.81. The standard InChI is InChI=1S/C29H37N3O4S/c1-19-5-7-20(8-6-19)27(33)32(21-9-11-22(12-10-21)36-25-14-16-30-18-31-25)24-17-23(13-15-29(2,3)4)37-26(24)28(34)35/h14,16-22H,5-12H2,1-4H3,(H,34,35). The van der Waals surface area contributed by atoms with Crippen molar-refractivity contribution in [1.29, 1.82) is 0 Å². The maximum Gasteiger partial charge on any atom is 0.348 e. The highest BCUT2D eigenvalue weighted by molar-refractivity contribution is 7.15. The number of ether oxygens (including phenoxy) is 1. The van der Waals surface area contributed by atoms with Gasteiger partial charge in [-0.05, 0) is 84.1 Å². The van der Waals surface area contributed by atoms with Crippen LogP contribution in [-0.4, -0.2) is 39.1 Å². The molecule has 0 radical (unpaired) electrons. The molecule has 1 N–H and O–H groups in total. The zero-order valence-electron chi connectivity index (χ0n) is 22.2. The molecule has 7 nitrogen and oxygen atoms in total. The molecule has 0 unspecified atom stereocenters. The summed E-state index contributed by atoms with van der Waals surface area (Å²) in [5, 5.41) is 10.1. The lowest BCUT2D eigenvalue weighted by molar-refractivity contribution is -0.124. The fraction of sp³-hybridized carbons (Fsp3) is 0.586. The Bertz CT molecular complexity index is 1150. The number of carboxylic acid groups (broad SMARTS) is 1. The summed E-state index contributed by atoms with van der Waals surface area (Å²) in [6.07, 6.45) is 9.91. The fourth-order valence-electron chi connectivity index (χ4n) is 5.16. The third-order valence-corrected chi connectivity index (χ3v) is 8.21. The maximum absolute atomic E-state index is 14.0. The molecule has 2 heterocycles. The number of amides is 1. The Kier molecular flexibility index (Phi) is 8.53. The predicted octanol–water partition coefficient (Wildman–Crippen LogP) is 6.18. The number of aromatic carboxylic acids is 1. The quantitative estimate of drug-likeness (QED) is 0.454. The summed E-state index contributed by atoms with van der Waals surface area (Å²) in [4.78, 5) is 37.1. The van der Waals surface area contributed by atoms with Crippen LogP contribution in [0.3, 0.4) is 0 Å². The Morgan fingerprint density at radius 1 is 1.11 bits per heavy atom. The fourth-order valence-corrected chi connectivity index (χ4v) is 6.01. The van der Waals surface area contributed by atoms with Crippen LogP contribution in [0.1, 0.15) is 93.6 Å². The molecule has 8 heteroatoms. The highest BCUT2D eigenvalue weighted by Crippen LogP contribution is 2.39. The number of carbonyl (C=O) groups excluding carboxylic acids is 1. The topological polar surface area (TPSA) is 92.6 Å². The average Bonchev–Trinajstić information content (AvgIpc) is 3.29. The van der Waals surface area contributed by atoms with Crippen molar-refractivity contribution >= 4 is 28.9 Å². The minimum atomic E-state index is -1.01. The minimum Gasteiger partial charge on any atom is -0.477 e. The van der Waals surface area contributed by atoms with Gasteiger partial charge < -0.3 is 14.7 Å². The van der Waals surface area contributed by atoms with Crippen LogP contribution in [0, 0.1) is 29.1 Å². The first kappa shape index (κ1) is 27.1. The van der Waals surface area contributed by atoms with Crippen molar-refractivity contribution in [2.45, 2.75) is 91.2 Å². The van der Waals surface area contributed by atoms with Gasteiger partial charge in [0.15, 0.2) is 0 Å². The summed E-state index contributed by atoms with van der Waals surface area (Å²) in [6, 6.07) is 3.49. The number of nitrogens with zero attached hydrogens (tertiary/aromatic N) is 3. The summed E-state index contributed by atoms with van der Waals surface area (Å²) in [5.41, 5.74) is 0.295. The molecule has 37 heavy (non-hydrogen) atoms. The van der Waals surface area contributed by atoms with Crippen LogP contribution in [0.4, 0.5) is 5.69 Å². The molecule has 2 aromatic rings. The number of carboxylic acids is 1. The molecule has 4 rings (SSSR count). The van der Waals surface area contributed by atoms with Crippen molar-refractivity contribution in [2.75, 3.05) is 4.90 Å². The first-order valence-electron chi connectivity index (χ1n) is 13.3. The van der Waals surface area contributed by atoms with Gasteiger partial charge in [-0.15, -0.1) is 11.3 Å². The van der Waals surface area contributed by atoms with Crippen LogP contribution in [-0.2, 0) is 4.79 Å². The highest BCUT2D eigenvalue weighted by atomic mass is 32.1. The van der Waals surface area contributed by atoms with Gasteiger partial charge in [0.2, 0.25) is 11.8 Å². The van der Waals surface area contributed by atoms with Gasteiger partial charge in [-0.25, -0.2) is 14.8 Å². The molecule has 0 bridgehead atoms. The van der Waals surface area contributed by atoms with Gasteiger partial charge in [-0.1, -0.05) is 18.8 Å². The zero-order chi connectivity index (χ0) is 26.6. The molecule has 2 aromatic heterocycles. The monoisotopic (exact) mass is 523 g/mol. The second-order valence-corrected chi connectivity index (χ2v) is 12.4. The number of rotatable bonds is 6. The summed E-state index contributed by atoms with van der Waals surface area (Å²) in [5.74, 6) is 6.50. The summed E-state index contributed by atoms with van der Waals surface area (Å²) < 4.78 is 6.04. The molecule has 0 aliphatic heterocycles. The van der Waals surface area contributed by atoms with Crippen molar-refractivity contribution in [3.05, 3.63) is 34.4 Å². The highest BCUT2D eigenvalue weighted by Gasteiger charge is 2.37. The SMILES string of the molecule is CC1CCC(C(=O)N(c2cc(C#CC(C)(C)C)sc2C(=O)O)C2CCC(Oc3ccncn3)CC2)CC1. The molecule has 2 aliphatic rings. The van der Waals surface area contributed by atoms with Gasteiger partial charge in [0.1, 0.15) is 17.3 Å². The van der Waals surface area contributed by atoms with Crippen LogP contribution in [0.15, 0.2) is 24.7 Å². The van der Waals surface area contributed by atoms with E-state index < -0.39 is 5.97 Å². The maximum atomic E-state index is 14.0. The molecule has 198 valence electrons. The smallest absolute Gasteiger partial charge is 0.348 e. The van der Waals surface area contributed by atoms with E-state index in [1.165, 1.54) is 6.33 Å². The number of carbonyl (C=O) groups is 2. The molecule has 2 fully saturated rings. The Morgan fingerprint density at radius 3 is 2.41 bits per heavy atom. The molecule has 0 atom stereocenters. The molecular formula is C29H37N3O4S. The first-order chi connectivity index (χ1) is 17.6. The lowest BCUT2D eigenvalue weighted by Crippen LogP contribution is -2.47.